The van der Waals surface area contributed by atoms with E-state index in [1.165, 1.54) is 23.5 Å². The lowest BCUT2D eigenvalue weighted by atomic mass is 10.0. The SMILES string of the molecule is Cn1c(=O)c(-c2ccc(F)cc2)cc2c3cc(-c4nc(CO)cs4)ccc3n(C)c21. The molecule has 150 valence electrons. The fourth-order valence-corrected chi connectivity index (χ4v) is 4.78. The second-order valence-electron chi connectivity index (χ2n) is 7.26. The Kier molecular flexibility index (Phi) is 4.30. The molecule has 0 aliphatic heterocycles. The molecular weight excluding hydrogens is 401 g/mol. The molecule has 5 aromatic rings. The minimum absolute atomic E-state index is 0.0871. The van der Waals surface area contributed by atoms with Gasteiger partial charge in [0.1, 0.15) is 16.5 Å². The molecule has 2 aromatic carbocycles. The van der Waals surface area contributed by atoms with E-state index in [0.29, 0.717) is 16.8 Å². The Morgan fingerprint density at radius 3 is 2.43 bits per heavy atom. The Morgan fingerprint density at radius 2 is 1.73 bits per heavy atom. The number of thiazole rings is 1. The molecule has 30 heavy (non-hydrogen) atoms. The van der Waals surface area contributed by atoms with Crippen molar-refractivity contribution in [1.29, 1.82) is 0 Å². The number of rotatable bonds is 3. The van der Waals surface area contributed by atoms with Gasteiger partial charge in [-0.15, -0.1) is 11.3 Å². The molecule has 0 atom stereocenters. The number of aliphatic hydroxyl groups excluding tert-OH is 1. The summed E-state index contributed by atoms with van der Waals surface area (Å²) < 4.78 is 17.0. The van der Waals surface area contributed by atoms with Crippen LogP contribution in [0.5, 0.6) is 0 Å². The van der Waals surface area contributed by atoms with Crippen LogP contribution in [-0.2, 0) is 20.7 Å². The zero-order valence-electron chi connectivity index (χ0n) is 16.4. The summed E-state index contributed by atoms with van der Waals surface area (Å²) in [5.41, 5.74) is 4.49. The van der Waals surface area contributed by atoms with Gasteiger partial charge in [0.15, 0.2) is 0 Å². The van der Waals surface area contributed by atoms with Crippen LogP contribution in [0, 0.1) is 5.82 Å². The molecule has 0 fully saturated rings. The third-order valence-electron chi connectivity index (χ3n) is 5.46. The van der Waals surface area contributed by atoms with Gasteiger partial charge in [-0.2, -0.15) is 0 Å². The van der Waals surface area contributed by atoms with E-state index in [2.05, 4.69) is 11.1 Å². The summed E-state index contributed by atoms with van der Waals surface area (Å²) in [5, 5.41) is 13.9. The van der Waals surface area contributed by atoms with E-state index in [1.807, 2.05) is 35.2 Å². The maximum absolute atomic E-state index is 13.4. The predicted octanol–water partition coefficient (Wildman–Crippen LogP) is 4.45. The first-order valence-corrected chi connectivity index (χ1v) is 10.3. The van der Waals surface area contributed by atoms with Crippen molar-refractivity contribution in [2.75, 3.05) is 0 Å². The third-order valence-corrected chi connectivity index (χ3v) is 6.40. The van der Waals surface area contributed by atoms with Crippen LogP contribution < -0.4 is 5.56 Å². The zero-order chi connectivity index (χ0) is 21.0. The standard InChI is InChI=1S/C23H18FN3O2S/c1-26-20-8-5-14(21-25-16(11-28)12-30-21)9-18(20)19-10-17(23(29)27(2)22(19)26)13-3-6-15(24)7-4-13/h3-10,12,28H,11H2,1-2H3. The van der Waals surface area contributed by atoms with Crippen molar-refractivity contribution in [2.45, 2.75) is 6.61 Å². The monoisotopic (exact) mass is 419 g/mol. The highest BCUT2D eigenvalue weighted by molar-refractivity contribution is 7.13. The minimum atomic E-state index is -0.336. The van der Waals surface area contributed by atoms with Crippen molar-refractivity contribution in [3.8, 4) is 21.7 Å². The third kappa shape index (κ3) is 2.78. The fraction of sp³-hybridized carbons (Fsp3) is 0.130. The molecule has 0 bridgehead atoms. The van der Waals surface area contributed by atoms with E-state index >= 15 is 0 Å². The Labute approximate surface area is 175 Å². The molecule has 5 nitrogen and oxygen atoms in total. The van der Waals surface area contributed by atoms with Gasteiger partial charge in [-0.3, -0.25) is 9.36 Å². The van der Waals surface area contributed by atoms with Crippen LogP contribution in [0.15, 0.2) is 58.7 Å². The summed E-state index contributed by atoms with van der Waals surface area (Å²) in [6.45, 7) is -0.0871. The number of aryl methyl sites for hydroxylation is 2. The van der Waals surface area contributed by atoms with Crippen molar-refractivity contribution in [2.24, 2.45) is 14.1 Å². The van der Waals surface area contributed by atoms with Gasteiger partial charge in [0.2, 0.25) is 0 Å². The van der Waals surface area contributed by atoms with Gasteiger partial charge in [-0.25, -0.2) is 9.37 Å². The van der Waals surface area contributed by atoms with E-state index in [0.717, 1.165) is 32.5 Å². The number of fused-ring (bicyclic) bond motifs is 3. The van der Waals surface area contributed by atoms with Crippen LogP contribution in [0.2, 0.25) is 0 Å². The van der Waals surface area contributed by atoms with Crippen molar-refractivity contribution < 1.29 is 9.50 Å². The fourth-order valence-electron chi connectivity index (χ4n) is 3.97. The molecule has 0 saturated heterocycles. The number of halogens is 1. The van der Waals surface area contributed by atoms with Crippen LogP contribution in [-0.4, -0.2) is 19.2 Å². The summed E-state index contributed by atoms with van der Waals surface area (Å²) in [6, 6.07) is 13.9. The van der Waals surface area contributed by atoms with Gasteiger partial charge in [0.05, 0.1) is 17.8 Å². The van der Waals surface area contributed by atoms with E-state index in [1.54, 1.807) is 23.7 Å². The molecular formula is C23H18FN3O2S. The summed E-state index contributed by atoms with van der Waals surface area (Å²) in [5.74, 6) is -0.336. The van der Waals surface area contributed by atoms with Gasteiger partial charge < -0.3 is 9.67 Å². The molecule has 0 amide bonds. The molecule has 1 N–H and O–H groups in total. The van der Waals surface area contributed by atoms with Crippen molar-refractivity contribution in [3.05, 3.63) is 75.8 Å². The van der Waals surface area contributed by atoms with E-state index in [-0.39, 0.29) is 18.0 Å². The molecule has 7 heteroatoms. The minimum Gasteiger partial charge on any atom is -0.390 e. The number of hydrogen-bond donors (Lipinski definition) is 1. The Hall–Kier alpha value is -3.29. The van der Waals surface area contributed by atoms with Crippen LogP contribution in [0.4, 0.5) is 4.39 Å². The maximum Gasteiger partial charge on any atom is 0.259 e. The highest BCUT2D eigenvalue weighted by Crippen LogP contribution is 2.34. The number of pyridine rings is 1. The van der Waals surface area contributed by atoms with Gasteiger partial charge in [-0.05, 0) is 42.0 Å². The smallest absolute Gasteiger partial charge is 0.259 e. The normalized spacial score (nSPS) is 11.6. The van der Waals surface area contributed by atoms with E-state index in [4.69, 9.17) is 0 Å². The molecule has 0 unspecified atom stereocenters. The summed E-state index contributed by atoms with van der Waals surface area (Å²) in [7, 11) is 3.69. The topological polar surface area (TPSA) is 60.1 Å². The first-order valence-electron chi connectivity index (χ1n) is 9.41. The number of nitrogens with zero attached hydrogens (tertiary/aromatic N) is 3. The molecule has 3 aromatic heterocycles. The lowest BCUT2D eigenvalue weighted by Gasteiger charge is -2.08. The second-order valence-corrected chi connectivity index (χ2v) is 8.12. The van der Waals surface area contributed by atoms with Gasteiger partial charge in [0.25, 0.3) is 5.56 Å². The van der Waals surface area contributed by atoms with E-state index < -0.39 is 0 Å². The highest BCUT2D eigenvalue weighted by atomic mass is 32.1. The number of aliphatic hydroxyl groups is 1. The maximum atomic E-state index is 13.4. The van der Waals surface area contributed by atoms with Gasteiger partial charge in [0, 0.05) is 41.4 Å². The molecule has 0 saturated carbocycles. The van der Waals surface area contributed by atoms with Crippen molar-refractivity contribution >= 4 is 33.3 Å². The molecule has 0 aliphatic rings. The van der Waals surface area contributed by atoms with Crippen molar-refractivity contribution in [1.82, 2.24) is 14.1 Å². The Morgan fingerprint density at radius 1 is 1.00 bits per heavy atom. The largest absolute Gasteiger partial charge is 0.390 e. The average molecular weight is 419 g/mol. The summed E-state index contributed by atoms with van der Waals surface area (Å²) >= 11 is 1.49. The quantitative estimate of drug-likeness (QED) is 0.470. The first-order chi connectivity index (χ1) is 14.5. The number of benzene rings is 2. The lowest BCUT2D eigenvalue weighted by Crippen LogP contribution is -2.20. The molecule has 5 rings (SSSR count). The van der Waals surface area contributed by atoms with Gasteiger partial charge in [-0.1, -0.05) is 12.1 Å². The average Bonchev–Trinajstić information content (AvgIpc) is 3.34. The molecule has 0 aliphatic carbocycles. The Bertz CT molecular complexity index is 1480. The molecule has 0 radical (unpaired) electrons. The van der Waals surface area contributed by atoms with E-state index in [9.17, 15) is 14.3 Å². The number of aromatic nitrogens is 3. The lowest BCUT2D eigenvalue weighted by molar-refractivity contribution is 0.278. The van der Waals surface area contributed by atoms with Crippen LogP contribution >= 0.6 is 11.3 Å². The second kappa shape index (κ2) is 6.90. The van der Waals surface area contributed by atoms with Crippen LogP contribution in [0.1, 0.15) is 5.69 Å². The van der Waals surface area contributed by atoms with Crippen LogP contribution in [0.25, 0.3) is 43.6 Å². The summed E-state index contributed by atoms with van der Waals surface area (Å²) in [6.07, 6.45) is 0. The summed E-state index contributed by atoms with van der Waals surface area (Å²) in [4.78, 5) is 17.5. The number of hydrogen-bond acceptors (Lipinski definition) is 4. The predicted molar refractivity (Wildman–Crippen MR) is 118 cm³/mol. The Balaban J connectivity index is 1.81. The van der Waals surface area contributed by atoms with Crippen molar-refractivity contribution in [3.63, 3.8) is 0 Å². The first kappa shape index (κ1) is 18.7. The molecule has 0 spiro atoms. The van der Waals surface area contributed by atoms with Gasteiger partial charge >= 0.3 is 0 Å². The zero-order valence-corrected chi connectivity index (χ0v) is 17.2. The molecule has 3 heterocycles. The van der Waals surface area contributed by atoms with Crippen LogP contribution in [0.3, 0.4) is 0 Å². The highest BCUT2D eigenvalue weighted by Gasteiger charge is 2.17.